The first kappa shape index (κ1) is 17.4. The third kappa shape index (κ3) is 3.13. The number of benzene rings is 2. The number of aromatic nitrogens is 1. The van der Waals surface area contributed by atoms with Gasteiger partial charge in [0.1, 0.15) is 11.6 Å². The molecule has 27 heavy (non-hydrogen) atoms. The Morgan fingerprint density at radius 1 is 1.19 bits per heavy atom. The number of carbonyl (C=O) groups is 1. The van der Waals surface area contributed by atoms with E-state index in [9.17, 15) is 4.79 Å². The molecule has 0 bridgehead atoms. The topological polar surface area (TPSA) is 91.2 Å². The molecule has 2 heterocycles. The predicted octanol–water partition coefficient (Wildman–Crippen LogP) is 4.50. The molecule has 1 unspecified atom stereocenters. The summed E-state index contributed by atoms with van der Waals surface area (Å²) < 4.78 is 5.98. The van der Waals surface area contributed by atoms with Gasteiger partial charge in [-0.05, 0) is 18.6 Å². The van der Waals surface area contributed by atoms with Crippen molar-refractivity contribution in [1.29, 1.82) is 0 Å². The summed E-state index contributed by atoms with van der Waals surface area (Å²) in [7, 11) is 0. The Morgan fingerprint density at radius 3 is 2.70 bits per heavy atom. The number of aldehydes is 1. The zero-order valence-electron chi connectivity index (χ0n) is 14.8. The van der Waals surface area contributed by atoms with Crippen LogP contribution in [-0.4, -0.2) is 11.3 Å². The van der Waals surface area contributed by atoms with Crippen molar-refractivity contribution in [2.75, 3.05) is 11.5 Å². The van der Waals surface area contributed by atoms with Crippen LogP contribution in [0.25, 0.3) is 0 Å². The Balaban J connectivity index is 1.83. The van der Waals surface area contributed by atoms with Gasteiger partial charge in [0.15, 0.2) is 6.29 Å². The van der Waals surface area contributed by atoms with E-state index in [-0.39, 0.29) is 16.6 Å². The number of nitrogens with zero attached hydrogens (tertiary/aromatic N) is 1. The molecule has 6 heteroatoms. The number of ether oxygens (including phenoxy) is 1. The molecule has 0 saturated heterocycles. The van der Waals surface area contributed by atoms with Gasteiger partial charge in [0.25, 0.3) is 0 Å². The number of carbonyl (C=O) groups excluding carboxylic acids is 1. The lowest BCUT2D eigenvalue weighted by Gasteiger charge is -2.29. The Kier molecular flexibility index (Phi) is 4.49. The molecule has 3 aromatic rings. The van der Waals surface area contributed by atoms with Crippen LogP contribution in [0.1, 0.15) is 37.9 Å². The fraction of sp³-hybridized carbons (Fsp3) is 0.143. The largest absolute Gasteiger partial charge is 0.438 e. The summed E-state index contributed by atoms with van der Waals surface area (Å²) in [5, 5.41) is -0.101. The Bertz CT molecular complexity index is 1020. The smallest absolute Gasteiger partial charge is 0.228 e. The maximum absolute atomic E-state index is 11.5. The molecule has 4 N–H and O–H groups in total. The Hall–Kier alpha value is -2.99. The van der Waals surface area contributed by atoms with Gasteiger partial charge in [-0.15, -0.1) is 11.8 Å². The Morgan fingerprint density at radius 2 is 1.96 bits per heavy atom. The van der Waals surface area contributed by atoms with E-state index in [4.69, 9.17) is 16.2 Å². The van der Waals surface area contributed by atoms with E-state index >= 15 is 0 Å². The van der Waals surface area contributed by atoms with Crippen molar-refractivity contribution in [2.24, 2.45) is 0 Å². The van der Waals surface area contributed by atoms with Gasteiger partial charge in [0, 0.05) is 11.3 Å². The van der Waals surface area contributed by atoms with Crippen molar-refractivity contribution >= 4 is 29.6 Å². The highest BCUT2D eigenvalue weighted by Crippen LogP contribution is 2.52. The van der Waals surface area contributed by atoms with E-state index in [1.165, 1.54) is 5.56 Å². The standard InChI is InChI=1S/C21H19N3O2S/c1-12-7-8-16-14(9-12)19(27-11-13-5-3-2-4-6-13)17-18(22)15(10-25)20(23)24-21(17)26-16/h2-10,19H,11H2,1H3,(H4,22,23,24). The molecule has 1 aromatic heterocycles. The average molecular weight is 377 g/mol. The van der Waals surface area contributed by atoms with Gasteiger partial charge in [-0.1, -0.05) is 48.0 Å². The average Bonchev–Trinajstić information content (AvgIpc) is 2.66. The number of nitrogens with two attached hydrogens (primary N) is 2. The molecule has 1 atom stereocenters. The lowest BCUT2D eigenvalue weighted by atomic mass is 9.97. The van der Waals surface area contributed by atoms with E-state index in [1.54, 1.807) is 11.8 Å². The summed E-state index contributed by atoms with van der Waals surface area (Å²) in [5.74, 6) is 1.99. The molecule has 0 saturated carbocycles. The van der Waals surface area contributed by atoms with Crippen LogP contribution in [0, 0.1) is 6.92 Å². The van der Waals surface area contributed by atoms with E-state index in [0.717, 1.165) is 22.6 Å². The molecular formula is C21H19N3O2S. The highest BCUT2D eigenvalue weighted by Gasteiger charge is 2.33. The van der Waals surface area contributed by atoms with Gasteiger partial charge in [-0.2, -0.15) is 4.98 Å². The third-order valence-corrected chi connectivity index (χ3v) is 5.93. The summed E-state index contributed by atoms with van der Waals surface area (Å²) in [4.78, 5) is 15.8. The van der Waals surface area contributed by atoms with Gasteiger partial charge in [0.2, 0.25) is 5.88 Å². The maximum atomic E-state index is 11.5. The molecule has 1 aliphatic rings. The summed E-state index contributed by atoms with van der Waals surface area (Å²) in [6.07, 6.45) is 0.655. The minimum atomic E-state index is -0.101. The highest BCUT2D eigenvalue weighted by atomic mass is 32.2. The zero-order chi connectivity index (χ0) is 19.0. The Labute approximate surface area is 161 Å². The van der Waals surface area contributed by atoms with Crippen LogP contribution >= 0.6 is 11.8 Å². The first-order chi connectivity index (χ1) is 13.1. The number of hydrogen-bond donors (Lipinski definition) is 2. The van der Waals surface area contributed by atoms with Crippen molar-refractivity contribution in [1.82, 2.24) is 4.98 Å². The minimum Gasteiger partial charge on any atom is -0.438 e. The van der Waals surface area contributed by atoms with Gasteiger partial charge in [-0.3, -0.25) is 4.79 Å². The molecule has 0 amide bonds. The first-order valence-electron chi connectivity index (χ1n) is 8.56. The number of thioether (sulfide) groups is 1. The van der Waals surface area contributed by atoms with Crippen LogP contribution in [0.3, 0.4) is 0 Å². The zero-order valence-corrected chi connectivity index (χ0v) is 15.6. The van der Waals surface area contributed by atoms with Crippen LogP contribution in [0.2, 0.25) is 0 Å². The number of fused-ring (bicyclic) bond motifs is 2. The molecule has 5 nitrogen and oxygen atoms in total. The van der Waals surface area contributed by atoms with Gasteiger partial charge in [0.05, 0.1) is 22.1 Å². The second-order valence-corrected chi connectivity index (χ2v) is 7.57. The van der Waals surface area contributed by atoms with Gasteiger partial charge >= 0.3 is 0 Å². The van der Waals surface area contributed by atoms with Crippen molar-refractivity contribution in [3.05, 3.63) is 76.3 Å². The van der Waals surface area contributed by atoms with Crippen LogP contribution in [0.15, 0.2) is 48.5 Å². The highest BCUT2D eigenvalue weighted by molar-refractivity contribution is 7.99. The number of hydrogen-bond acceptors (Lipinski definition) is 6. The number of nitrogen functional groups attached to an aromatic ring is 2. The van der Waals surface area contributed by atoms with Crippen LogP contribution in [0.5, 0.6) is 11.6 Å². The minimum absolute atomic E-state index is 0.0867. The molecule has 0 radical (unpaired) electrons. The molecule has 0 fully saturated rings. The van der Waals surface area contributed by atoms with E-state index in [0.29, 0.717) is 23.4 Å². The summed E-state index contributed by atoms with van der Waals surface area (Å²) in [6, 6.07) is 16.2. The maximum Gasteiger partial charge on any atom is 0.228 e. The monoisotopic (exact) mass is 377 g/mol. The molecule has 0 spiro atoms. The quantitative estimate of drug-likeness (QED) is 0.651. The van der Waals surface area contributed by atoms with Crippen molar-refractivity contribution < 1.29 is 9.53 Å². The summed E-state index contributed by atoms with van der Waals surface area (Å²) in [5.41, 5.74) is 16.9. The van der Waals surface area contributed by atoms with Crippen LogP contribution in [-0.2, 0) is 5.75 Å². The molecule has 1 aliphatic heterocycles. The second-order valence-electron chi connectivity index (χ2n) is 6.48. The molecule has 4 rings (SSSR count). The number of pyridine rings is 1. The van der Waals surface area contributed by atoms with E-state index < -0.39 is 0 Å². The predicted molar refractivity (Wildman–Crippen MR) is 109 cm³/mol. The second kappa shape index (κ2) is 6.96. The van der Waals surface area contributed by atoms with Gasteiger partial charge < -0.3 is 16.2 Å². The number of rotatable bonds is 4. The molecule has 136 valence electrons. The normalized spacial score (nSPS) is 14.8. The molecule has 2 aromatic carbocycles. The van der Waals surface area contributed by atoms with Crippen molar-refractivity contribution in [3.8, 4) is 11.6 Å². The first-order valence-corrected chi connectivity index (χ1v) is 9.61. The van der Waals surface area contributed by atoms with Gasteiger partial charge in [-0.25, -0.2) is 0 Å². The number of anilines is 2. The van der Waals surface area contributed by atoms with E-state index in [2.05, 4.69) is 23.2 Å². The molecule has 0 aliphatic carbocycles. The third-order valence-electron chi connectivity index (χ3n) is 4.60. The summed E-state index contributed by atoms with van der Waals surface area (Å²) in [6.45, 7) is 2.04. The van der Waals surface area contributed by atoms with Crippen molar-refractivity contribution in [3.63, 3.8) is 0 Å². The lowest BCUT2D eigenvalue weighted by molar-refractivity contribution is 0.112. The van der Waals surface area contributed by atoms with Crippen LogP contribution < -0.4 is 16.2 Å². The fourth-order valence-electron chi connectivity index (χ4n) is 3.24. The lowest BCUT2D eigenvalue weighted by Crippen LogP contribution is -2.15. The number of aryl methyl sites for hydroxylation is 1. The molecular weight excluding hydrogens is 358 g/mol. The van der Waals surface area contributed by atoms with E-state index in [1.807, 2.05) is 37.3 Å². The SMILES string of the molecule is Cc1ccc2c(c1)C(SCc1ccccc1)c1c(nc(N)c(C=O)c1N)O2. The fourth-order valence-corrected chi connectivity index (χ4v) is 4.55. The van der Waals surface area contributed by atoms with Crippen molar-refractivity contribution in [2.45, 2.75) is 17.9 Å². The van der Waals surface area contributed by atoms with Crippen LogP contribution in [0.4, 0.5) is 11.5 Å². The summed E-state index contributed by atoms with van der Waals surface area (Å²) >= 11 is 1.73.